The van der Waals surface area contributed by atoms with Gasteiger partial charge in [-0.2, -0.15) is 0 Å². The number of unbranched alkanes of at least 4 members (excludes halogenated alkanes) is 3. The van der Waals surface area contributed by atoms with Crippen LogP contribution in [0.3, 0.4) is 0 Å². The first-order valence-corrected chi connectivity index (χ1v) is 4.06. The van der Waals surface area contributed by atoms with Gasteiger partial charge in [0, 0.05) is 0 Å². The second-order valence-electron chi connectivity index (χ2n) is 2.63. The van der Waals surface area contributed by atoms with Crippen molar-refractivity contribution >= 4 is 0 Å². The molecule has 62 valence electrons. The molecule has 0 rings (SSSR count). The number of aliphatic hydroxyl groups excluding tert-OH is 1. The van der Waals surface area contributed by atoms with Crippen molar-refractivity contribution in [3.63, 3.8) is 0 Å². The normalized spacial score (nSPS) is 13.5. The van der Waals surface area contributed by atoms with Crippen molar-refractivity contribution in [1.29, 1.82) is 0 Å². The Kier molecular flexibility index (Phi) is 6.93. The van der Waals surface area contributed by atoms with Crippen molar-refractivity contribution < 1.29 is 9.50 Å². The maximum atomic E-state index is 12.3. The molecule has 0 aromatic heterocycles. The molecular formula is C8H17FO. The van der Waals surface area contributed by atoms with E-state index in [1.165, 1.54) is 12.8 Å². The smallest absolute Gasteiger partial charge is 0.123 e. The summed E-state index contributed by atoms with van der Waals surface area (Å²) in [5.74, 6) is 0. The van der Waals surface area contributed by atoms with Gasteiger partial charge in [0.15, 0.2) is 0 Å². The molecule has 1 nitrogen and oxygen atoms in total. The van der Waals surface area contributed by atoms with Gasteiger partial charge in [-0.15, -0.1) is 0 Å². The summed E-state index contributed by atoms with van der Waals surface area (Å²) in [4.78, 5) is 0. The van der Waals surface area contributed by atoms with Crippen LogP contribution in [0.2, 0.25) is 0 Å². The SMILES string of the molecule is CCCCCCC(F)CO. The molecule has 0 aliphatic heterocycles. The molecule has 10 heavy (non-hydrogen) atoms. The van der Waals surface area contributed by atoms with E-state index in [1.807, 2.05) is 0 Å². The molecule has 1 unspecified atom stereocenters. The van der Waals surface area contributed by atoms with Gasteiger partial charge in [0.05, 0.1) is 6.61 Å². The van der Waals surface area contributed by atoms with E-state index in [0.717, 1.165) is 12.8 Å². The molecular weight excluding hydrogens is 131 g/mol. The molecule has 0 saturated carbocycles. The zero-order valence-electron chi connectivity index (χ0n) is 6.65. The number of hydrogen-bond donors (Lipinski definition) is 1. The molecule has 0 fully saturated rings. The monoisotopic (exact) mass is 148 g/mol. The van der Waals surface area contributed by atoms with Gasteiger partial charge < -0.3 is 5.11 Å². The van der Waals surface area contributed by atoms with E-state index in [9.17, 15) is 4.39 Å². The molecule has 0 heterocycles. The van der Waals surface area contributed by atoms with E-state index in [0.29, 0.717) is 6.42 Å². The van der Waals surface area contributed by atoms with E-state index in [1.54, 1.807) is 0 Å². The van der Waals surface area contributed by atoms with E-state index in [4.69, 9.17) is 5.11 Å². The fourth-order valence-corrected chi connectivity index (χ4v) is 0.884. The first-order valence-electron chi connectivity index (χ1n) is 4.06. The Morgan fingerprint density at radius 1 is 1.30 bits per heavy atom. The molecule has 0 spiro atoms. The third-order valence-electron chi connectivity index (χ3n) is 1.57. The van der Waals surface area contributed by atoms with E-state index >= 15 is 0 Å². The Balaban J connectivity index is 2.89. The molecule has 0 bridgehead atoms. The Hall–Kier alpha value is -0.110. The summed E-state index contributed by atoms with van der Waals surface area (Å²) >= 11 is 0. The van der Waals surface area contributed by atoms with Gasteiger partial charge in [-0.1, -0.05) is 32.6 Å². The molecule has 0 radical (unpaired) electrons. The minimum atomic E-state index is -0.989. The highest BCUT2D eigenvalue weighted by atomic mass is 19.1. The van der Waals surface area contributed by atoms with Crippen molar-refractivity contribution in [2.75, 3.05) is 6.61 Å². The Morgan fingerprint density at radius 2 is 2.00 bits per heavy atom. The van der Waals surface area contributed by atoms with E-state index < -0.39 is 6.17 Å². The lowest BCUT2D eigenvalue weighted by molar-refractivity contribution is 0.167. The lowest BCUT2D eigenvalue weighted by atomic mass is 10.1. The number of halogens is 1. The minimum absolute atomic E-state index is 0.313. The van der Waals surface area contributed by atoms with E-state index in [2.05, 4.69) is 6.92 Å². The standard InChI is InChI=1S/C8H17FO/c1-2-3-4-5-6-8(9)7-10/h8,10H,2-7H2,1H3. The van der Waals surface area contributed by atoms with Gasteiger partial charge in [0.25, 0.3) is 0 Å². The van der Waals surface area contributed by atoms with Crippen LogP contribution in [-0.2, 0) is 0 Å². The maximum Gasteiger partial charge on any atom is 0.123 e. The molecule has 2 heteroatoms. The quantitative estimate of drug-likeness (QED) is 0.573. The van der Waals surface area contributed by atoms with Crippen molar-refractivity contribution in [2.24, 2.45) is 0 Å². The van der Waals surface area contributed by atoms with Crippen LogP contribution in [-0.4, -0.2) is 17.9 Å². The van der Waals surface area contributed by atoms with Crippen LogP contribution < -0.4 is 0 Å². The molecule has 0 amide bonds. The second kappa shape index (κ2) is 7.00. The highest BCUT2D eigenvalue weighted by Crippen LogP contribution is 2.06. The van der Waals surface area contributed by atoms with E-state index in [-0.39, 0.29) is 6.61 Å². The Bertz CT molecular complexity index is 66.3. The summed E-state index contributed by atoms with van der Waals surface area (Å²) in [7, 11) is 0. The second-order valence-corrected chi connectivity index (χ2v) is 2.63. The van der Waals surface area contributed by atoms with Crippen LogP contribution in [0.25, 0.3) is 0 Å². The number of hydrogen-bond acceptors (Lipinski definition) is 1. The van der Waals surface area contributed by atoms with Crippen LogP contribution in [0.5, 0.6) is 0 Å². The fraction of sp³-hybridized carbons (Fsp3) is 1.00. The average Bonchev–Trinajstić information content (AvgIpc) is 1.98. The summed E-state index contributed by atoms with van der Waals surface area (Å²) in [5, 5.41) is 8.32. The Labute approximate surface area is 62.3 Å². The zero-order valence-corrected chi connectivity index (χ0v) is 6.65. The molecule has 0 aliphatic carbocycles. The zero-order chi connectivity index (χ0) is 7.82. The van der Waals surface area contributed by atoms with Crippen molar-refractivity contribution in [2.45, 2.75) is 45.2 Å². The third-order valence-corrected chi connectivity index (χ3v) is 1.57. The number of alkyl halides is 1. The van der Waals surface area contributed by atoms with Gasteiger partial charge in [0.2, 0.25) is 0 Å². The van der Waals surface area contributed by atoms with Gasteiger partial charge in [-0.05, 0) is 6.42 Å². The average molecular weight is 148 g/mol. The van der Waals surface area contributed by atoms with Crippen molar-refractivity contribution in [3.8, 4) is 0 Å². The molecule has 0 aromatic carbocycles. The summed E-state index contributed by atoms with van der Waals surface area (Å²) in [6.07, 6.45) is 3.90. The van der Waals surface area contributed by atoms with Crippen LogP contribution >= 0.6 is 0 Å². The number of aliphatic hydroxyl groups is 1. The number of rotatable bonds is 6. The van der Waals surface area contributed by atoms with Crippen LogP contribution in [0.15, 0.2) is 0 Å². The first kappa shape index (κ1) is 9.89. The lowest BCUT2D eigenvalue weighted by Crippen LogP contribution is -2.04. The largest absolute Gasteiger partial charge is 0.393 e. The first-order chi connectivity index (χ1) is 4.81. The lowest BCUT2D eigenvalue weighted by Gasteiger charge is -2.02. The minimum Gasteiger partial charge on any atom is -0.393 e. The van der Waals surface area contributed by atoms with Crippen LogP contribution in [0.1, 0.15) is 39.0 Å². The summed E-state index contributed by atoms with van der Waals surface area (Å²) in [6.45, 7) is 1.81. The summed E-state index contributed by atoms with van der Waals surface area (Å²) < 4.78 is 12.3. The molecule has 0 saturated heterocycles. The topological polar surface area (TPSA) is 20.2 Å². The summed E-state index contributed by atoms with van der Waals surface area (Å²) in [6, 6.07) is 0. The van der Waals surface area contributed by atoms with Crippen LogP contribution in [0, 0.1) is 0 Å². The highest BCUT2D eigenvalue weighted by molar-refractivity contribution is 4.52. The predicted molar refractivity (Wildman–Crippen MR) is 40.7 cm³/mol. The van der Waals surface area contributed by atoms with Crippen LogP contribution in [0.4, 0.5) is 4.39 Å². The van der Waals surface area contributed by atoms with Gasteiger partial charge in [0.1, 0.15) is 6.17 Å². The molecule has 0 aromatic rings. The maximum absolute atomic E-state index is 12.3. The van der Waals surface area contributed by atoms with Gasteiger partial charge in [-0.3, -0.25) is 0 Å². The third kappa shape index (κ3) is 6.02. The fourth-order valence-electron chi connectivity index (χ4n) is 0.884. The van der Waals surface area contributed by atoms with Gasteiger partial charge >= 0.3 is 0 Å². The van der Waals surface area contributed by atoms with Crippen molar-refractivity contribution in [3.05, 3.63) is 0 Å². The van der Waals surface area contributed by atoms with Gasteiger partial charge in [-0.25, -0.2) is 4.39 Å². The predicted octanol–water partition coefficient (Wildman–Crippen LogP) is 2.29. The highest BCUT2D eigenvalue weighted by Gasteiger charge is 2.01. The molecule has 0 aliphatic rings. The molecule has 1 N–H and O–H groups in total. The van der Waals surface area contributed by atoms with Crippen molar-refractivity contribution in [1.82, 2.24) is 0 Å². The summed E-state index contributed by atoms with van der Waals surface area (Å²) in [5.41, 5.74) is 0. The molecule has 1 atom stereocenters. The Morgan fingerprint density at radius 3 is 2.50 bits per heavy atom.